The van der Waals surface area contributed by atoms with Crippen LogP contribution in [0.25, 0.3) is 16.9 Å². The van der Waals surface area contributed by atoms with Gasteiger partial charge in [-0.3, -0.25) is 0 Å². The fourth-order valence-corrected chi connectivity index (χ4v) is 2.82. The molecule has 0 fully saturated rings. The molecule has 0 saturated carbocycles. The van der Waals surface area contributed by atoms with Crippen LogP contribution in [0.2, 0.25) is 0 Å². The van der Waals surface area contributed by atoms with E-state index >= 15 is 0 Å². The molecule has 0 aliphatic heterocycles. The summed E-state index contributed by atoms with van der Waals surface area (Å²) < 4.78 is 1.75. The Kier molecular flexibility index (Phi) is 4.21. The van der Waals surface area contributed by atoms with E-state index in [1.54, 1.807) is 4.68 Å². The first-order valence-electron chi connectivity index (χ1n) is 8.00. The molecule has 0 aliphatic carbocycles. The van der Waals surface area contributed by atoms with E-state index in [4.69, 9.17) is 0 Å². The number of aryl methyl sites for hydroxylation is 2. The van der Waals surface area contributed by atoms with Gasteiger partial charge in [0, 0.05) is 5.56 Å². The molecule has 4 nitrogen and oxygen atoms in total. The molecule has 0 atom stereocenters. The van der Waals surface area contributed by atoms with Crippen molar-refractivity contribution in [1.29, 1.82) is 0 Å². The summed E-state index contributed by atoms with van der Waals surface area (Å²) in [4.78, 5) is 11.9. The average molecular weight is 320 g/mol. The van der Waals surface area contributed by atoms with E-state index in [1.807, 2.05) is 69.3 Å². The van der Waals surface area contributed by atoms with Crippen LogP contribution < -0.4 is 0 Å². The monoisotopic (exact) mass is 320 g/mol. The summed E-state index contributed by atoms with van der Waals surface area (Å²) in [5.41, 5.74) is 5.48. The number of hydrogen-bond acceptors (Lipinski definition) is 2. The van der Waals surface area contributed by atoms with Crippen LogP contribution in [0.1, 0.15) is 34.1 Å². The lowest BCUT2D eigenvalue weighted by Crippen LogP contribution is -2.05. The molecule has 0 unspecified atom stereocenters. The van der Waals surface area contributed by atoms with E-state index in [2.05, 4.69) is 5.10 Å². The lowest BCUT2D eigenvalue weighted by atomic mass is 10.0. The quantitative estimate of drug-likeness (QED) is 0.774. The normalized spacial score (nSPS) is 10.8. The fraction of sp³-hybridized carbons (Fsp3) is 0.200. The molecule has 0 bridgehead atoms. The zero-order valence-electron chi connectivity index (χ0n) is 14.1. The molecule has 3 rings (SSSR count). The van der Waals surface area contributed by atoms with Crippen molar-refractivity contribution in [2.45, 2.75) is 27.2 Å². The highest BCUT2D eigenvalue weighted by atomic mass is 16.4. The molecule has 1 N–H and O–H groups in total. The van der Waals surface area contributed by atoms with Crippen LogP contribution in [0.3, 0.4) is 0 Å². The Morgan fingerprint density at radius 2 is 1.54 bits per heavy atom. The number of carboxylic acid groups (broad SMARTS) is 1. The van der Waals surface area contributed by atoms with Gasteiger partial charge in [0.1, 0.15) is 11.3 Å². The largest absolute Gasteiger partial charge is 0.478 e. The third-order valence-electron chi connectivity index (χ3n) is 4.13. The Hall–Kier alpha value is -2.88. The van der Waals surface area contributed by atoms with Crippen molar-refractivity contribution in [3.05, 3.63) is 70.9 Å². The molecule has 0 radical (unpaired) electrons. The molecule has 0 spiro atoms. The van der Waals surface area contributed by atoms with Gasteiger partial charge in [0.25, 0.3) is 0 Å². The summed E-state index contributed by atoms with van der Waals surface area (Å²) in [5.74, 6) is -0.944. The number of nitrogens with zero attached hydrogens (tertiary/aromatic N) is 2. The Morgan fingerprint density at radius 1 is 1.00 bits per heavy atom. The Morgan fingerprint density at radius 3 is 2.04 bits per heavy atom. The number of carboxylic acids is 1. The van der Waals surface area contributed by atoms with E-state index in [0.717, 1.165) is 22.4 Å². The van der Waals surface area contributed by atoms with Gasteiger partial charge < -0.3 is 5.11 Å². The first kappa shape index (κ1) is 16.0. The number of hydrogen-bond donors (Lipinski definition) is 1. The van der Waals surface area contributed by atoms with Gasteiger partial charge in [-0.2, -0.15) is 5.10 Å². The summed E-state index contributed by atoms with van der Waals surface area (Å²) in [5, 5.41) is 14.4. The minimum absolute atomic E-state index is 0.280. The minimum Gasteiger partial charge on any atom is -0.478 e. The first-order valence-corrected chi connectivity index (χ1v) is 8.00. The third-order valence-corrected chi connectivity index (χ3v) is 4.13. The third kappa shape index (κ3) is 2.83. The highest BCUT2D eigenvalue weighted by molar-refractivity contribution is 5.96. The Balaban J connectivity index is 2.24. The van der Waals surface area contributed by atoms with Crippen molar-refractivity contribution in [3.63, 3.8) is 0 Å². The average Bonchev–Trinajstić information content (AvgIpc) is 2.96. The molecule has 4 heteroatoms. The Bertz CT molecular complexity index is 875. The summed E-state index contributed by atoms with van der Waals surface area (Å²) >= 11 is 0. The molecule has 122 valence electrons. The van der Waals surface area contributed by atoms with E-state index in [1.165, 1.54) is 0 Å². The van der Waals surface area contributed by atoms with Gasteiger partial charge >= 0.3 is 5.97 Å². The molecule has 1 aromatic heterocycles. The van der Waals surface area contributed by atoms with Gasteiger partial charge in [0.05, 0.1) is 11.4 Å². The summed E-state index contributed by atoms with van der Waals surface area (Å²) in [6, 6.07) is 15.7. The molecule has 3 aromatic rings. The molecule has 0 saturated heterocycles. The zero-order chi connectivity index (χ0) is 17.3. The lowest BCUT2D eigenvalue weighted by molar-refractivity contribution is 0.0696. The number of carbonyl (C=O) groups is 1. The SMILES string of the molecule is CCc1c(C(=O)O)c(-c2ccc(C)cc2)nn1-c1ccc(C)cc1. The molecule has 2 aromatic carbocycles. The molecule has 24 heavy (non-hydrogen) atoms. The number of aromatic nitrogens is 2. The van der Waals surface area contributed by atoms with Crippen LogP contribution in [0.4, 0.5) is 0 Å². The number of benzene rings is 2. The van der Waals surface area contributed by atoms with Crippen LogP contribution in [0, 0.1) is 13.8 Å². The van der Waals surface area contributed by atoms with Crippen molar-refractivity contribution in [2.24, 2.45) is 0 Å². The summed E-state index contributed by atoms with van der Waals surface area (Å²) in [6.45, 7) is 5.98. The highest BCUT2D eigenvalue weighted by Crippen LogP contribution is 2.28. The maximum Gasteiger partial charge on any atom is 0.339 e. The van der Waals surface area contributed by atoms with Crippen LogP contribution in [-0.4, -0.2) is 20.9 Å². The molecule has 1 heterocycles. The van der Waals surface area contributed by atoms with Crippen LogP contribution in [-0.2, 0) is 6.42 Å². The van der Waals surface area contributed by atoms with Crippen LogP contribution in [0.5, 0.6) is 0 Å². The van der Waals surface area contributed by atoms with Crippen molar-refractivity contribution in [1.82, 2.24) is 9.78 Å². The van der Waals surface area contributed by atoms with Crippen molar-refractivity contribution in [3.8, 4) is 16.9 Å². The Labute approximate surface area is 141 Å². The highest BCUT2D eigenvalue weighted by Gasteiger charge is 2.24. The van der Waals surface area contributed by atoms with Crippen LogP contribution in [0.15, 0.2) is 48.5 Å². The second kappa shape index (κ2) is 6.32. The fourth-order valence-electron chi connectivity index (χ4n) is 2.82. The van der Waals surface area contributed by atoms with Crippen molar-refractivity contribution in [2.75, 3.05) is 0 Å². The van der Waals surface area contributed by atoms with E-state index in [0.29, 0.717) is 17.8 Å². The maximum absolute atomic E-state index is 11.9. The van der Waals surface area contributed by atoms with E-state index in [9.17, 15) is 9.90 Å². The first-order chi connectivity index (χ1) is 11.5. The minimum atomic E-state index is -0.944. The number of aromatic carboxylic acids is 1. The molecular formula is C20H20N2O2. The van der Waals surface area contributed by atoms with Crippen LogP contribution >= 0.6 is 0 Å². The summed E-state index contributed by atoms with van der Waals surface area (Å²) in [7, 11) is 0. The summed E-state index contributed by atoms with van der Waals surface area (Å²) in [6.07, 6.45) is 0.592. The molecule has 0 amide bonds. The lowest BCUT2D eigenvalue weighted by Gasteiger charge is -2.06. The van der Waals surface area contributed by atoms with E-state index in [-0.39, 0.29) is 5.56 Å². The smallest absolute Gasteiger partial charge is 0.339 e. The second-order valence-electron chi connectivity index (χ2n) is 5.94. The van der Waals surface area contributed by atoms with E-state index < -0.39 is 5.97 Å². The molecule has 0 aliphatic rings. The van der Waals surface area contributed by atoms with Gasteiger partial charge in [-0.1, -0.05) is 54.4 Å². The second-order valence-corrected chi connectivity index (χ2v) is 5.94. The van der Waals surface area contributed by atoms with Gasteiger partial charge in [0.15, 0.2) is 0 Å². The van der Waals surface area contributed by atoms with Crippen molar-refractivity contribution >= 4 is 5.97 Å². The predicted octanol–water partition coefficient (Wildman–Crippen LogP) is 4.42. The maximum atomic E-state index is 11.9. The standard InChI is InChI=1S/C20H20N2O2/c1-4-17-18(20(23)24)19(15-9-5-13(2)6-10-15)21-22(17)16-11-7-14(3)8-12-16/h5-12H,4H2,1-3H3,(H,23,24). The predicted molar refractivity (Wildman–Crippen MR) is 94.8 cm³/mol. The molecular weight excluding hydrogens is 300 g/mol. The topological polar surface area (TPSA) is 55.1 Å². The number of rotatable bonds is 4. The zero-order valence-corrected chi connectivity index (χ0v) is 14.1. The van der Waals surface area contributed by atoms with Gasteiger partial charge in [-0.25, -0.2) is 9.48 Å². The van der Waals surface area contributed by atoms with Crippen molar-refractivity contribution < 1.29 is 9.90 Å². The van der Waals surface area contributed by atoms with Gasteiger partial charge in [-0.05, 0) is 32.4 Å². The van der Waals surface area contributed by atoms with Gasteiger partial charge in [0.2, 0.25) is 0 Å². The van der Waals surface area contributed by atoms with Gasteiger partial charge in [-0.15, -0.1) is 0 Å².